The van der Waals surface area contributed by atoms with E-state index in [1.165, 1.54) is 5.56 Å². The Morgan fingerprint density at radius 1 is 1.24 bits per heavy atom. The highest BCUT2D eigenvalue weighted by molar-refractivity contribution is 6.30. The van der Waals surface area contributed by atoms with E-state index in [0.717, 1.165) is 30.4 Å². The lowest BCUT2D eigenvalue weighted by Gasteiger charge is -2.07. The first-order chi connectivity index (χ1) is 12.2. The molecule has 0 fully saturated rings. The minimum atomic E-state index is -0.224. The van der Waals surface area contributed by atoms with E-state index in [1.807, 2.05) is 12.3 Å². The molecule has 2 heterocycles. The zero-order valence-corrected chi connectivity index (χ0v) is 14.9. The van der Waals surface area contributed by atoms with Gasteiger partial charge in [-0.2, -0.15) is 0 Å². The van der Waals surface area contributed by atoms with E-state index < -0.39 is 0 Å². The number of nitrogens with one attached hydrogen (secondary N) is 2. The number of benzene rings is 1. The minimum Gasteiger partial charge on any atom is -0.338 e. The first kappa shape index (κ1) is 17.3. The fraction of sp³-hybridized carbons (Fsp3) is 0.263. The Morgan fingerprint density at radius 2 is 2.04 bits per heavy atom. The summed E-state index contributed by atoms with van der Waals surface area (Å²) in [5.74, 6) is 0. The fourth-order valence-electron chi connectivity index (χ4n) is 2.83. The number of fused-ring (bicyclic) bond motifs is 1. The quantitative estimate of drug-likeness (QED) is 0.684. The maximum Gasteiger partial charge on any atom is 0.319 e. The van der Waals surface area contributed by atoms with E-state index in [9.17, 15) is 4.79 Å². The Bertz CT molecular complexity index is 857. The highest BCUT2D eigenvalue weighted by Gasteiger charge is 2.09. The summed E-state index contributed by atoms with van der Waals surface area (Å²) >= 11 is 5.84. The van der Waals surface area contributed by atoms with Crippen LogP contribution in [0.5, 0.6) is 0 Å². The Morgan fingerprint density at radius 3 is 2.80 bits per heavy atom. The van der Waals surface area contributed by atoms with Crippen molar-refractivity contribution in [1.82, 2.24) is 14.9 Å². The van der Waals surface area contributed by atoms with Crippen LogP contribution in [0.4, 0.5) is 10.5 Å². The van der Waals surface area contributed by atoms with Crippen LogP contribution in [0.15, 0.2) is 48.8 Å². The lowest BCUT2D eigenvalue weighted by Crippen LogP contribution is -2.30. The molecule has 0 radical (unpaired) electrons. The number of carbonyl (C=O) groups is 1. The van der Waals surface area contributed by atoms with Crippen LogP contribution in [-0.2, 0) is 13.0 Å². The van der Waals surface area contributed by atoms with Crippen molar-refractivity contribution in [2.45, 2.75) is 26.3 Å². The Hall–Kier alpha value is -2.53. The lowest BCUT2D eigenvalue weighted by atomic mass is 10.1. The number of pyridine rings is 1. The summed E-state index contributed by atoms with van der Waals surface area (Å²) in [5.41, 5.74) is 2.92. The number of amides is 2. The molecule has 0 atom stereocenters. The molecule has 0 spiro atoms. The minimum absolute atomic E-state index is 0.224. The third-order valence-electron chi connectivity index (χ3n) is 3.96. The predicted octanol–water partition coefficient (Wildman–Crippen LogP) is 4.46. The molecule has 1 aromatic carbocycles. The number of nitrogens with zero attached hydrogens (tertiary/aromatic N) is 2. The van der Waals surface area contributed by atoms with Gasteiger partial charge in [-0.05, 0) is 54.8 Å². The monoisotopic (exact) mass is 356 g/mol. The van der Waals surface area contributed by atoms with Crippen molar-refractivity contribution in [1.29, 1.82) is 0 Å². The zero-order valence-electron chi connectivity index (χ0n) is 14.1. The SMILES string of the molecule is CCCn1cc(CCNC(=O)Nc2ccc(Cl)cc2)c2cccnc21. The first-order valence-corrected chi connectivity index (χ1v) is 8.78. The normalized spacial score (nSPS) is 10.8. The second-order valence-electron chi connectivity index (χ2n) is 5.86. The van der Waals surface area contributed by atoms with Crippen LogP contribution in [-0.4, -0.2) is 22.1 Å². The van der Waals surface area contributed by atoms with Gasteiger partial charge < -0.3 is 15.2 Å². The van der Waals surface area contributed by atoms with E-state index >= 15 is 0 Å². The Kier molecular flexibility index (Phi) is 5.56. The highest BCUT2D eigenvalue weighted by Crippen LogP contribution is 2.20. The maximum absolute atomic E-state index is 12.0. The smallest absolute Gasteiger partial charge is 0.319 e. The number of aryl methyl sites for hydroxylation is 1. The van der Waals surface area contributed by atoms with Crippen LogP contribution in [0.3, 0.4) is 0 Å². The van der Waals surface area contributed by atoms with Crippen molar-refractivity contribution in [3.63, 3.8) is 0 Å². The van der Waals surface area contributed by atoms with E-state index in [-0.39, 0.29) is 6.03 Å². The largest absolute Gasteiger partial charge is 0.338 e. The van der Waals surface area contributed by atoms with E-state index in [0.29, 0.717) is 17.3 Å². The number of aromatic nitrogens is 2. The lowest BCUT2D eigenvalue weighted by molar-refractivity contribution is 0.252. The zero-order chi connectivity index (χ0) is 17.6. The maximum atomic E-state index is 12.0. The third-order valence-corrected chi connectivity index (χ3v) is 4.21. The van der Waals surface area contributed by atoms with Gasteiger partial charge in [-0.15, -0.1) is 0 Å². The number of hydrogen-bond donors (Lipinski definition) is 2. The molecular weight excluding hydrogens is 336 g/mol. The van der Waals surface area contributed by atoms with Gasteiger partial charge in [0, 0.05) is 41.6 Å². The van der Waals surface area contributed by atoms with Crippen LogP contribution in [0.2, 0.25) is 5.02 Å². The van der Waals surface area contributed by atoms with Gasteiger partial charge in [0.05, 0.1) is 0 Å². The molecular formula is C19H21ClN4O. The number of hydrogen-bond acceptors (Lipinski definition) is 2. The molecule has 130 valence electrons. The van der Waals surface area contributed by atoms with Crippen molar-refractivity contribution >= 4 is 34.4 Å². The topological polar surface area (TPSA) is 59.0 Å². The number of carbonyl (C=O) groups excluding carboxylic acids is 1. The molecule has 0 aliphatic rings. The standard InChI is InChI=1S/C19H21ClN4O/c1-2-12-24-13-14(17-4-3-10-21-18(17)24)9-11-22-19(25)23-16-7-5-15(20)6-8-16/h3-8,10,13H,2,9,11-12H2,1H3,(H2,22,23,25). The molecule has 0 unspecified atom stereocenters. The molecule has 2 N–H and O–H groups in total. The predicted molar refractivity (Wildman–Crippen MR) is 102 cm³/mol. The van der Waals surface area contributed by atoms with Gasteiger partial charge in [0.1, 0.15) is 5.65 Å². The molecule has 2 aromatic heterocycles. The summed E-state index contributed by atoms with van der Waals surface area (Å²) in [7, 11) is 0. The molecule has 3 aromatic rings. The molecule has 2 amide bonds. The third kappa shape index (κ3) is 4.31. The molecule has 0 aliphatic carbocycles. The summed E-state index contributed by atoms with van der Waals surface area (Å²) in [6, 6.07) is 10.8. The number of anilines is 1. The highest BCUT2D eigenvalue weighted by atomic mass is 35.5. The second-order valence-corrected chi connectivity index (χ2v) is 6.30. The molecule has 6 heteroatoms. The number of rotatable bonds is 6. The van der Waals surface area contributed by atoms with Crippen molar-refractivity contribution in [3.05, 3.63) is 59.4 Å². The van der Waals surface area contributed by atoms with Crippen LogP contribution in [0.25, 0.3) is 11.0 Å². The van der Waals surface area contributed by atoms with Crippen LogP contribution in [0, 0.1) is 0 Å². The van der Waals surface area contributed by atoms with Crippen molar-refractivity contribution < 1.29 is 4.79 Å². The van der Waals surface area contributed by atoms with E-state index in [2.05, 4.69) is 39.4 Å². The molecule has 0 saturated heterocycles. The average Bonchev–Trinajstić information content (AvgIpc) is 2.96. The van der Waals surface area contributed by atoms with Crippen LogP contribution < -0.4 is 10.6 Å². The number of halogens is 1. The van der Waals surface area contributed by atoms with Crippen molar-refractivity contribution in [2.24, 2.45) is 0 Å². The summed E-state index contributed by atoms with van der Waals surface area (Å²) in [5, 5.41) is 7.47. The average molecular weight is 357 g/mol. The molecule has 5 nitrogen and oxygen atoms in total. The summed E-state index contributed by atoms with van der Waals surface area (Å²) in [6.07, 6.45) is 5.77. The molecule has 0 saturated carbocycles. The molecule has 3 rings (SSSR count). The van der Waals surface area contributed by atoms with Gasteiger partial charge in [0.25, 0.3) is 0 Å². The van der Waals surface area contributed by atoms with Gasteiger partial charge in [-0.25, -0.2) is 9.78 Å². The fourth-order valence-corrected chi connectivity index (χ4v) is 2.95. The van der Waals surface area contributed by atoms with Crippen LogP contribution >= 0.6 is 11.6 Å². The van der Waals surface area contributed by atoms with Crippen molar-refractivity contribution in [3.8, 4) is 0 Å². The molecule has 0 bridgehead atoms. The van der Waals surface area contributed by atoms with Gasteiger partial charge in [-0.3, -0.25) is 0 Å². The second kappa shape index (κ2) is 8.03. The Balaban J connectivity index is 1.59. The first-order valence-electron chi connectivity index (χ1n) is 8.40. The summed E-state index contributed by atoms with van der Waals surface area (Å²) < 4.78 is 2.18. The molecule has 25 heavy (non-hydrogen) atoms. The summed E-state index contributed by atoms with van der Waals surface area (Å²) in [4.78, 5) is 16.5. The Labute approximate surface area is 152 Å². The number of urea groups is 1. The van der Waals surface area contributed by atoms with Gasteiger partial charge >= 0.3 is 6.03 Å². The molecule has 0 aliphatic heterocycles. The van der Waals surface area contributed by atoms with Crippen molar-refractivity contribution in [2.75, 3.05) is 11.9 Å². The van der Waals surface area contributed by atoms with Crippen LogP contribution in [0.1, 0.15) is 18.9 Å². The van der Waals surface area contributed by atoms with E-state index in [4.69, 9.17) is 11.6 Å². The summed E-state index contributed by atoms with van der Waals surface area (Å²) in [6.45, 7) is 3.65. The van der Waals surface area contributed by atoms with Gasteiger partial charge in [0.2, 0.25) is 0 Å². The van der Waals surface area contributed by atoms with Gasteiger partial charge in [-0.1, -0.05) is 18.5 Å². The van der Waals surface area contributed by atoms with E-state index in [1.54, 1.807) is 24.3 Å². The van der Waals surface area contributed by atoms with Gasteiger partial charge in [0.15, 0.2) is 0 Å².